The van der Waals surface area contributed by atoms with Crippen molar-refractivity contribution in [2.45, 2.75) is 51.7 Å². The van der Waals surface area contributed by atoms with Gasteiger partial charge in [-0.05, 0) is 24.3 Å². The van der Waals surface area contributed by atoms with Crippen LogP contribution >= 0.6 is 0 Å². The van der Waals surface area contributed by atoms with E-state index in [1.807, 2.05) is 6.07 Å². The number of benzene rings is 1. The summed E-state index contributed by atoms with van der Waals surface area (Å²) in [7, 11) is 0. The van der Waals surface area contributed by atoms with Crippen LogP contribution in [0.4, 0.5) is 0 Å². The first-order chi connectivity index (χ1) is 10.3. The van der Waals surface area contributed by atoms with Crippen molar-refractivity contribution < 1.29 is 5.11 Å². The maximum atomic E-state index is 9.53. The molecule has 0 radical (unpaired) electrons. The molecule has 0 amide bonds. The summed E-state index contributed by atoms with van der Waals surface area (Å²) >= 11 is 0. The highest BCUT2D eigenvalue weighted by atomic mass is 16.3. The van der Waals surface area contributed by atoms with E-state index in [2.05, 4.69) is 52.9 Å². The smallest absolute Gasteiger partial charge is 0.159 e. The Bertz CT molecular complexity index is 589. The Morgan fingerprint density at radius 2 is 1.95 bits per heavy atom. The molecule has 112 valence electrons. The van der Waals surface area contributed by atoms with E-state index >= 15 is 0 Å². The zero-order valence-electron chi connectivity index (χ0n) is 12.7. The van der Waals surface area contributed by atoms with Gasteiger partial charge in [-0.2, -0.15) is 0 Å². The second kappa shape index (κ2) is 5.98. The van der Waals surface area contributed by atoms with Crippen molar-refractivity contribution in [2.24, 2.45) is 5.92 Å². The zero-order chi connectivity index (χ0) is 14.8. The highest BCUT2D eigenvalue weighted by Crippen LogP contribution is 2.41. The molecule has 21 heavy (non-hydrogen) atoms. The first-order valence-electron chi connectivity index (χ1n) is 7.85. The Morgan fingerprint density at radius 3 is 2.52 bits per heavy atom. The molecule has 1 aromatic heterocycles. The zero-order valence-corrected chi connectivity index (χ0v) is 12.7. The third-order valence-electron chi connectivity index (χ3n) is 4.50. The molecule has 2 aromatic rings. The Hall–Kier alpha value is -1.68. The van der Waals surface area contributed by atoms with Gasteiger partial charge < -0.3 is 9.67 Å². The number of rotatable bonds is 6. The quantitative estimate of drug-likeness (QED) is 0.886. The van der Waals surface area contributed by atoms with Gasteiger partial charge in [0.2, 0.25) is 0 Å². The van der Waals surface area contributed by atoms with Crippen LogP contribution in [0, 0.1) is 5.92 Å². The molecule has 1 N–H and O–H groups in total. The summed E-state index contributed by atoms with van der Waals surface area (Å²) in [6, 6.07) is 11.0. The van der Waals surface area contributed by atoms with Gasteiger partial charge >= 0.3 is 0 Å². The minimum absolute atomic E-state index is 0.0362. The molecule has 2 atom stereocenters. The van der Waals surface area contributed by atoms with Crippen LogP contribution in [-0.4, -0.2) is 19.9 Å². The summed E-state index contributed by atoms with van der Waals surface area (Å²) in [5, 5.41) is 18.2. The topological polar surface area (TPSA) is 50.9 Å². The summed E-state index contributed by atoms with van der Waals surface area (Å²) < 4.78 is 2.18. The van der Waals surface area contributed by atoms with Gasteiger partial charge in [0.25, 0.3) is 0 Å². The molecule has 0 saturated heterocycles. The lowest BCUT2D eigenvalue weighted by atomic mass is 9.85. The molecule has 2 unspecified atom stereocenters. The van der Waals surface area contributed by atoms with Crippen LogP contribution in [0.15, 0.2) is 30.3 Å². The van der Waals surface area contributed by atoms with Crippen LogP contribution in [0.1, 0.15) is 62.3 Å². The van der Waals surface area contributed by atoms with Crippen molar-refractivity contribution in [1.29, 1.82) is 0 Å². The third kappa shape index (κ3) is 2.72. The van der Waals surface area contributed by atoms with E-state index in [1.54, 1.807) is 0 Å². The van der Waals surface area contributed by atoms with Gasteiger partial charge in [0, 0.05) is 12.0 Å². The highest BCUT2D eigenvalue weighted by molar-refractivity contribution is 5.27. The first-order valence-corrected chi connectivity index (χ1v) is 7.85. The summed E-state index contributed by atoms with van der Waals surface area (Å²) in [6.45, 7) is 4.44. The van der Waals surface area contributed by atoms with E-state index < -0.39 is 0 Å². The van der Waals surface area contributed by atoms with Crippen molar-refractivity contribution in [1.82, 2.24) is 14.8 Å². The number of hydrogen-bond acceptors (Lipinski definition) is 3. The SMILES string of the molecule is CCC(C)C(c1ccccc1)c1nnc(CO)n1C1CC1. The fraction of sp³-hybridized carbons (Fsp3) is 0.529. The van der Waals surface area contributed by atoms with E-state index in [9.17, 15) is 5.11 Å². The molecule has 1 fully saturated rings. The lowest BCUT2D eigenvalue weighted by molar-refractivity contribution is 0.263. The minimum atomic E-state index is -0.0362. The first kappa shape index (κ1) is 14.3. The van der Waals surface area contributed by atoms with Crippen LogP contribution in [-0.2, 0) is 6.61 Å². The standard InChI is InChI=1S/C17H23N3O/c1-3-12(2)16(13-7-5-4-6-8-13)17-19-18-15(11-21)20(17)14-9-10-14/h4-8,12,14,16,21H,3,9-11H2,1-2H3. The molecule has 1 aliphatic rings. The fourth-order valence-electron chi connectivity index (χ4n) is 3.02. The molecule has 4 heteroatoms. The van der Waals surface area contributed by atoms with Crippen LogP contribution in [0.5, 0.6) is 0 Å². The molecule has 0 bridgehead atoms. The van der Waals surface area contributed by atoms with Crippen molar-refractivity contribution >= 4 is 0 Å². The summed E-state index contributed by atoms with van der Waals surface area (Å²) in [4.78, 5) is 0. The predicted octanol–water partition coefficient (Wildman–Crippen LogP) is 3.28. The van der Waals surface area contributed by atoms with Crippen molar-refractivity contribution in [3.63, 3.8) is 0 Å². The van der Waals surface area contributed by atoms with Crippen LogP contribution in [0.2, 0.25) is 0 Å². The third-order valence-corrected chi connectivity index (χ3v) is 4.50. The fourth-order valence-corrected chi connectivity index (χ4v) is 3.02. The van der Waals surface area contributed by atoms with E-state index in [-0.39, 0.29) is 12.5 Å². The van der Waals surface area contributed by atoms with Crippen LogP contribution < -0.4 is 0 Å². The van der Waals surface area contributed by atoms with E-state index in [0.717, 1.165) is 12.2 Å². The Balaban J connectivity index is 2.07. The molecule has 1 heterocycles. The number of hydrogen-bond donors (Lipinski definition) is 1. The van der Waals surface area contributed by atoms with Gasteiger partial charge in [0.15, 0.2) is 5.82 Å². The number of nitrogens with zero attached hydrogens (tertiary/aromatic N) is 3. The average molecular weight is 285 g/mol. The monoisotopic (exact) mass is 285 g/mol. The molecule has 1 aliphatic carbocycles. The normalized spacial score (nSPS) is 17.7. The van der Waals surface area contributed by atoms with Crippen molar-refractivity contribution in [3.05, 3.63) is 47.5 Å². The predicted molar refractivity (Wildman–Crippen MR) is 82.0 cm³/mol. The molecule has 1 saturated carbocycles. The number of aliphatic hydroxyl groups is 1. The molecule has 0 aliphatic heterocycles. The van der Waals surface area contributed by atoms with E-state index in [0.29, 0.717) is 17.8 Å². The number of aliphatic hydroxyl groups excluding tert-OH is 1. The Labute approximate surface area is 125 Å². The Morgan fingerprint density at radius 1 is 1.24 bits per heavy atom. The van der Waals surface area contributed by atoms with E-state index in [4.69, 9.17) is 0 Å². The maximum absolute atomic E-state index is 9.53. The van der Waals surface area contributed by atoms with Crippen LogP contribution in [0.25, 0.3) is 0 Å². The summed E-state index contributed by atoms with van der Waals surface area (Å²) in [6.07, 6.45) is 3.42. The van der Waals surface area contributed by atoms with Gasteiger partial charge in [-0.25, -0.2) is 0 Å². The molecular weight excluding hydrogens is 262 g/mol. The Kier molecular flexibility index (Phi) is 4.06. The van der Waals surface area contributed by atoms with Gasteiger partial charge in [0.1, 0.15) is 12.4 Å². The van der Waals surface area contributed by atoms with Crippen molar-refractivity contribution in [2.75, 3.05) is 0 Å². The molecule has 0 spiro atoms. The second-order valence-corrected chi connectivity index (χ2v) is 6.01. The lowest BCUT2D eigenvalue weighted by Gasteiger charge is -2.24. The average Bonchev–Trinajstić information content (AvgIpc) is 3.28. The summed E-state index contributed by atoms with van der Waals surface area (Å²) in [5.41, 5.74) is 1.28. The molecule has 1 aromatic carbocycles. The van der Waals surface area contributed by atoms with Crippen molar-refractivity contribution in [3.8, 4) is 0 Å². The van der Waals surface area contributed by atoms with E-state index in [1.165, 1.54) is 18.4 Å². The maximum Gasteiger partial charge on any atom is 0.159 e. The van der Waals surface area contributed by atoms with Gasteiger partial charge in [-0.3, -0.25) is 0 Å². The summed E-state index contributed by atoms with van der Waals surface area (Å²) in [5.74, 6) is 2.45. The molecular formula is C17H23N3O. The highest BCUT2D eigenvalue weighted by Gasteiger charge is 2.34. The largest absolute Gasteiger partial charge is 0.388 e. The minimum Gasteiger partial charge on any atom is -0.388 e. The molecule has 3 rings (SSSR count). The van der Waals surface area contributed by atoms with Crippen LogP contribution in [0.3, 0.4) is 0 Å². The van der Waals surface area contributed by atoms with Gasteiger partial charge in [0.05, 0.1) is 0 Å². The second-order valence-electron chi connectivity index (χ2n) is 6.01. The number of aromatic nitrogens is 3. The lowest BCUT2D eigenvalue weighted by Crippen LogP contribution is -2.17. The van der Waals surface area contributed by atoms with Gasteiger partial charge in [-0.15, -0.1) is 10.2 Å². The molecule has 4 nitrogen and oxygen atoms in total. The van der Waals surface area contributed by atoms with Gasteiger partial charge in [-0.1, -0.05) is 50.6 Å².